The fourth-order valence-electron chi connectivity index (χ4n) is 1.89. The average Bonchev–Trinajstić information content (AvgIpc) is 2.99. The van der Waals surface area contributed by atoms with Gasteiger partial charge >= 0.3 is 5.97 Å². The SMILES string of the molecule is COc1ccc(CNC(=O)[C@@H](C)OC(=O)c2ccc(C)s2)cc1. The Morgan fingerprint density at radius 3 is 2.43 bits per heavy atom. The van der Waals surface area contributed by atoms with Gasteiger partial charge in [-0.1, -0.05) is 12.1 Å². The van der Waals surface area contributed by atoms with Gasteiger partial charge in [0.2, 0.25) is 0 Å². The molecule has 0 bridgehead atoms. The number of esters is 1. The monoisotopic (exact) mass is 333 g/mol. The molecule has 0 aliphatic heterocycles. The van der Waals surface area contributed by atoms with Crippen LogP contribution in [0.2, 0.25) is 0 Å². The van der Waals surface area contributed by atoms with E-state index in [9.17, 15) is 9.59 Å². The first kappa shape index (κ1) is 17.0. The highest BCUT2D eigenvalue weighted by Crippen LogP contribution is 2.17. The number of hydrogen-bond donors (Lipinski definition) is 1. The fourth-order valence-corrected chi connectivity index (χ4v) is 2.64. The van der Waals surface area contributed by atoms with Crippen molar-refractivity contribution in [2.24, 2.45) is 0 Å². The summed E-state index contributed by atoms with van der Waals surface area (Å²) in [5.74, 6) is -0.0498. The van der Waals surface area contributed by atoms with Gasteiger partial charge in [0.25, 0.3) is 5.91 Å². The van der Waals surface area contributed by atoms with Crippen LogP contribution in [0.3, 0.4) is 0 Å². The van der Waals surface area contributed by atoms with Crippen LogP contribution in [0, 0.1) is 6.92 Å². The molecule has 0 aliphatic carbocycles. The summed E-state index contributed by atoms with van der Waals surface area (Å²) in [6, 6.07) is 10.9. The number of aryl methyl sites for hydroxylation is 1. The van der Waals surface area contributed by atoms with Crippen molar-refractivity contribution in [2.45, 2.75) is 26.5 Å². The maximum atomic E-state index is 12.0. The molecule has 1 N–H and O–H groups in total. The minimum atomic E-state index is -0.844. The van der Waals surface area contributed by atoms with E-state index >= 15 is 0 Å². The predicted molar refractivity (Wildman–Crippen MR) is 88.8 cm³/mol. The molecule has 1 aromatic heterocycles. The molecule has 6 heteroatoms. The first-order valence-electron chi connectivity index (χ1n) is 7.17. The molecule has 2 aromatic rings. The van der Waals surface area contributed by atoms with Crippen molar-refractivity contribution < 1.29 is 19.1 Å². The lowest BCUT2D eigenvalue weighted by atomic mass is 10.2. The highest BCUT2D eigenvalue weighted by Gasteiger charge is 2.19. The third kappa shape index (κ3) is 4.82. The van der Waals surface area contributed by atoms with E-state index in [1.807, 2.05) is 37.3 Å². The van der Waals surface area contributed by atoms with E-state index in [-0.39, 0.29) is 5.91 Å². The topological polar surface area (TPSA) is 64.6 Å². The third-order valence-corrected chi connectivity index (χ3v) is 4.20. The van der Waals surface area contributed by atoms with Crippen molar-refractivity contribution in [3.05, 3.63) is 51.7 Å². The highest BCUT2D eigenvalue weighted by molar-refractivity contribution is 7.13. The molecule has 1 amide bonds. The summed E-state index contributed by atoms with van der Waals surface area (Å²) in [6.45, 7) is 3.83. The van der Waals surface area contributed by atoms with Crippen molar-refractivity contribution >= 4 is 23.2 Å². The number of thiophene rings is 1. The Bertz CT molecular complexity index is 678. The van der Waals surface area contributed by atoms with Crippen LogP contribution in [0.15, 0.2) is 36.4 Å². The first-order chi connectivity index (χ1) is 11.0. The summed E-state index contributed by atoms with van der Waals surface area (Å²) in [6.07, 6.45) is -0.844. The number of nitrogens with one attached hydrogen (secondary N) is 1. The van der Waals surface area contributed by atoms with Crippen LogP contribution >= 0.6 is 11.3 Å². The molecule has 0 fully saturated rings. The molecule has 122 valence electrons. The quantitative estimate of drug-likeness (QED) is 0.826. The lowest BCUT2D eigenvalue weighted by Crippen LogP contribution is -2.35. The van der Waals surface area contributed by atoms with Crippen molar-refractivity contribution in [2.75, 3.05) is 7.11 Å². The van der Waals surface area contributed by atoms with Gasteiger partial charge in [0.15, 0.2) is 6.10 Å². The number of hydrogen-bond acceptors (Lipinski definition) is 5. The fraction of sp³-hybridized carbons (Fsp3) is 0.294. The Morgan fingerprint density at radius 2 is 1.87 bits per heavy atom. The van der Waals surface area contributed by atoms with Crippen LogP contribution in [0.25, 0.3) is 0 Å². The molecule has 0 aliphatic rings. The average molecular weight is 333 g/mol. The molecule has 0 saturated carbocycles. The second-order valence-electron chi connectivity index (χ2n) is 5.02. The van der Waals surface area contributed by atoms with Crippen molar-refractivity contribution in [1.82, 2.24) is 5.32 Å². The summed E-state index contributed by atoms with van der Waals surface area (Å²) < 4.78 is 10.3. The number of benzene rings is 1. The lowest BCUT2D eigenvalue weighted by molar-refractivity contribution is -0.129. The second kappa shape index (κ2) is 7.78. The second-order valence-corrected chi connectivity index (χ2v) is 6.31. The van der Waals surface area contributed by atoms with E-state index in [1.54, 1.807) is 20.1 Å². The van der Waals surface area contributed by atoms with Crippen LogP contribution in [-0.4, -0.2) is 25.1 Å². The molecule has 0 spiro atoms. The number of carbonyl (C=O) groups excluding carboxylic acids is 2. The number of carbonyl (C=O) groups is 2. The molecule has 0 saturated heterocycles. The highest BCUT2D eigenvalue weighted by atomic mass is 32.1. The summed E-state index contributed by atoms with van der Waals surface area (Å²) in [5, 5.41) is 2.74. The van der Waals surface area contributed by atoms with Crippen LogP contribution in [0.1, 0.15) is 27.0 Å². The molecule has 5 nitrogen and oxygen atoms in total. The standard InChI is InChI=1S/C17H19NO4S/c1-11-4-9-15(23-11)17(20)22-12(2)16(19)18-10-13-5-7-14(21-3)8-6-13/h4-9,12H,10H2,1-3H3,(H,18,19)/t12-/m1/s1. The molecule has 1 atom stereocenters. The smallest absolute Gasteiger partial charge is 0.349 e. The molecular formula is C17H19NO4S. The Kier molecular flexibility index (Phi) is 5.76. The summed E-state index contributed by atoms with van der Waals surface area (Å²) in [5.41, 5.74) is 0.937. The predicted octanol–water partition coefficient (Wildman–Crippen LogP) is 2.93. The van der Waals surface area contributed by atoms with Crippen molar-refractivity contribution in [3.63, 3.8) is 0 Å². The molecule has 1 aromatic carbocycles. The Morgan fingerprint density at radius 1 is 1.17 bits per heavy atom. The van der Waals surface area contributed by atoms with E-state index < -0.39 is 12.1 Å². The number of amides is 1. The zero-order valence-corrected chi connectivity index (χ0v) is 14.1. The van der Waals surface area contributed by atoms with E-state index in [2.05, 4.69) is 5.32 Å². The van der Waals surface area contributed by atoms with Gasteiger partial charge in [0.1, 0.15) is 10.6 Å². The van der Waals surface area contributed by atoms with Crippen molar-refractivity contribution in [1.29, 1.82) is 0 Å². The van der Waals surface area contributed by atoms with Crippen LogP contribution in [0.4, 0.5) is 0 Å². The summed E-state index contributed by atoms with van der Waals surface area (Å²) in [7, 11) is 1.60. The largest absolute Gasteiger partial charge is 0.497 e. The van der Waals surface area contributed by atoms with Crippen LogP contribution < -0.4 is 10.1 Å². The molecule has 23 heavy (non-hydrogen) atoms. The van der Waals surface area contributed by atoms with Crippen LogP contribution in [-0.2, 0) is 16.1 Å². The normalized spacial score (nSPS) is 11.6. The number of rotatable bonds is 6. The molecular weight excluding hydrogens is 314 g/mol. The van der Waals surface area contributed by atoms with Gasteiger partial charge in [-0.25, -0.2) is 4.79 Å². The van der Waals surface area contributed by atoms with Gasteiger partial charge < -0.3 is 14.8 Å². The maximum absolute atomic E-state index is 12.0. The molecule has 0 radical (unpaired) electrons. The van der Waals surface area contributed by atoms with Gasteiger partial charge in [-0.05, 0) is 43.7 Å². The minimum Gasteiger partial charge on any atom is -0.497 e. The minimum absolute atomic E-state index is 0.331. The zero-order valence-electron chi connectivity index (χ0n) is 13.3. The Labute approximate surface area is 139 Å². The van der Waals surface area contributed by atoms with Crippen molar-refractivity contribution in [3.8, 4) is 5.75 Å². The third-order valence-electron chi connectivity index (χ3n) is 3.22. The van der Waals surface area contributed by atoms with Gasteiger partial charge in [-0.2, -0.15) is 0 Å². The van der Waals surface area contributed by atoms with Crippen LogP contribution in [0.5, 0.6) is 5.75 Å². The Hall–Kier alpha value is -2.34. The first-order valence-corrected chi connectivity index (χ1v) is 7.99. The van der Waals surface area contributed by atoms with Gasteiger partial charge in [0.05, 0.1) is 7.11 Å². The molecule has 2 rings (SSSR count). The Balaban J connectivity index is 1.83. The van der Waals surface area contributed by atoms with E-state index in [4.69, 9.17) is 9.47 Å². The number of ether oxygens (including phenoxy) is 2. The van der Waals surface area contributed by atoms with E-state index in [1.165, 1.54) is 11.3 Å². The van der Waals surface area contributed by atoms with Gasteiger partial charge in [0, 0.05) is 11.4 Å². The zero-order chi connectivity index (χ0) is 16.8. The molecule has 1 heterocycles. The number of methoxy groups -OCH3 is 1. The molecule has 0 unspecified atom stereocenters. The maximum Gasteiger partial charge on any atom is 0.349 e. The van der Waals surface area contributed by atoms with Gasteiger partial charge in [-0.15, -0.1) is 11.3 Å². The van der Waals surface area contributed by atoms with E-state index in [0.29, 0.717) is 11.4 Å². The lowest BCUT2D eigenvalue weighted by Gasteiger charge is -2.13. The van der Waals surface area contributed by atoms with E-state index in [0.717, 1.165) is 16.2 Å². The summed E-state index contributed by atoms with van der Waals surface area (Å²) >= 11 is 1.35. The van der Waals surface area contributed by atoms with Gasteiger partial charge in [-0.3, -0.25) is 4.79 Å². The summed E-state index contributed by atoms with van der Waals surface area (Å²) in [4.78, 5) is 25.4.